The first kappa shape index (κ1) is 29.0. The van der Waals surface area contributed by atoms with Crippen molar-refractivity contribution < 1.29 is 16.9 Å². The van der Waals surface area contributed by atoms with Crippen LogP contribution in [-0.4, -0.2) is 32.2 Å². The summed E-state index contributed by atoms with van der Waals surface area (Å²) in [6.07, 6.45) is 21.4. The van der Waals surface area contributed by atoms with Gasteiger partial charge < -0.3 is 16.9 Å². The lowest BCUT2D eigenvalue weighted by Crippen LogP contribution is -3.00. The minimum absolute atomic E-state index is 0. The Morgan fingerprint density at radius 3 is 1.04 bits per heavy atom. The molecule has 0 spiro atoms. The molecule has 0 aliphatic carbocycles. The maximum absolute atomic E-state index is 3.49. The van der Waals surface area contributed by atoms with Crippen molar-refractivity contribution >= 4 is 0 Å². The predicted octanol–water partition coefficient (Wildman–Crippen LogP) is 4.41. The summed E-state index contributed by atoms with van der Waals surface area (Å²) in [5.41, 5.74) is 0. The van der Waals surface area contributed by atoms with Gasteiger partial charge in [0.25, 0.3) is 0 Å². The zero-order valence-corrected chi connectivity index (χ0v) is 18.6. The van der Waals surface area contributed by atoms with Crippen molar-refractivity contribution in [2.75, 3.05) is 27.7 Å². The quantitative estimate of drug-likeness (QED) is 0.299. The van der Waals surface area contributed by atoms with Crippen LogP contribution in [0, 0.1) is 6.92 Å². The van der Waals surface area contributed by atoms with Gasteiger partial charge >= 0.3 is 0 Å². The van der Waals surface area contributed by atoms with Crippen molar-refractivity contribution in [2.24, 2.45) is 0 Å². The summed E-state index contributed by atoms with van der Waals surface area (Å²) in [5.74, 6) is 0. The molecule has 0 saturated carbocycles. The molecule has 0 fully saturated rings. The largest absolute Gasteiger partial charge is 1.00 e. The molecule has 0 aliphatic heterocycles. The summed E-state index contributed by atoms with van der Waals surface area (Å²) in [6, 6.07) is 0. The van der Waals surface area contributed by atoms with E-state index in [0.717, 1.165) is 10.9 Å². The fourth-order valence-corrected chi connectivity index (χ4v) is 2.78. The van der Waals surface area contributed by atoms with Crippen LogP contribution in [0.1, 0.15) is 110 Å². The minimum Gasteiger partial charge on any atom is -1.00 e. The zero-order valence-electron chi connectivity index (χ0n) is 17.8. The predicted molar refractivity (Wildman–Crippen MR) is 109 cm³/mol. The molecule has 24 heavy (non-hydrogen) atoms. The molecule has 0 aromatic carbocycles. The zero-order chi connectivity index (χ0) is 17.8. The van der Waals surface area contributed by atoms with E-state index in [-0.39, 0.29) is 12.4 Å². The second-order valence-electron chi connectivity index (χ2n) is 8.11. The molecule has 1 nitrogen and oxygen atoms in total. The third kappa shape index (κ3) is 33.8. The number of hydrogen-bond donors (Lipinski definition) is 0. The maximum atomic E-state index is 3.49. The molecule has 0 aromatic rings. The highest BCUT2D eigenvalue weighted by molar-refractivity contribution is 4.49. The second kappa shape index (κ2) is 23.2. The molecule has 0 rings (SSSR count). The van der Waals surface area contributed by atoms with Crippen LogP contribution in [0.15, 0.2) is 0 Å². The van der Waals surface area contributed by atoms with Gasteiger partial charge in [-0.1, -0.05) is 104 Å². The molecule has 0 aliphatic rings. The number of quaternary nitrogens is 1. The number of halogens is 1. The monoisotopic (exact) mass is 362 g/mol. The summed E-state index contributed by atoms with van der Waals surface area (Å²) in [4.78, 5) is 0. The van der Waals surface area contributed by atoms with Crippen molar-refractivity contribution in [2.45, 2.75) is 110 Å². The smallest absolute Gasteiger partial charge is 0.0780 e. The van der Waals surface area contributed by atoms with E-state index in [1.807, 2.05) is 6.92 Å². The van der Waals surface area contributed by atoms with Crippen LogP contribution in [0.25, 0.3) is 0 Å². The Hall–Kier alpha value is 0.250. The molecule has 1 radical (unpaired) electrons. The molecule has 0 atom stereocenters. The lowest BCUT2D eigenvalue weighted by molar-refractivity contribution is -0.870. The average molecular weight is 363 g/mol. The molecular weight excluding hydrogens is 314 g/mol. The third-order valence-electron chi connectivity index (χ3n) is 4.18. The van der Waals surface area contributed by atoms with Gasteiger partial charge in [0.05, 0.1) is 27.7 Å². The van der Waals surface area contributed by atoms with E-state index in [4.69, 9.17) is 0 Å². The molecule has 0 amide bonds. The van der Waals surface area contributed by atoms with Gasteiger partial charge in [-0.2, -0.15) is 0 Å². The van der Waals surface area contributed by atoms with Gasteiger partial charge in [0, 0.05) is 0 Å². The van der Waals surface area contributed by atoms with E-state index >= 15 is 0 Å². The number of rotatable bonds is 15. The molecule has 0 unspecified atom stereocenters. The molecular formula is C22H49ClN. The normalized spacial score (nSPS) is 10.8. The Morgan fingerprint density at radius 2 is 0.792 bits per heavy atom. The summed E-state index contributed by atoms with van der Waals surface area (Å²) in [5, 5.41) is 0. The van der Waals surface area contributed by atoms with Crippen molar-refractivity contribution in [3.8, 4) is 0 Å². The van der Waals surface area contributed by atoms with Crippen molar-refractivity contribution in [3.05, 3.63) is 6.92 Å². The first-order valence-electron chi connectivity index (χ1n) is 10.6. The van der Waals surface area contributed by atoms with Gasteiger partial charge in [-0.05, 0) is 12.8 Å². The Balaban J connectivity index is -0.00000102. The molecule has 0 bridgehead atoms. The van der Waals surface area contributed by atoms with Crippen LogP contribution < -0.4 is 12.4 Å². The van der Waals surface area contributed by atoms with Crippen LogP contribution in [0.5, 0.6) is 0 Å². The van der Waals surface area contributed by atoms with Crippen molar-refractivity contribution in [3.63, 3.8) is 0 Å². The minimum atomic E-state index is 0. The second-order valence-corrected chi connectivity index (χ2v) is 8.11. The lowest BCUT2D eigenvalue weighted by atomic mass is 10.0. The fraction of sp³-hybridized carbons (Fsp3) is 0.955. The molecule has 0 saturated heterocycles. The molecule has 0 heterocycles. The van der Waals surface area contributed by atoms with Gasteiger partial charge in [-0.25, -0.2) is 0 Å². The Labute approximate surface area is 162 Å². The number of nitrogens with zero attached hydrogens (tertiary/aromatic N) is 1. The Morgan fingerprint density at radius 1 is 0.542 bits per heavy atom. The van der Waals surface area contributed by atoms with E-state index in [0.29, 0.717) is 0 Å². The molecule has 0 aromatic heterocycles. The third-order valence-corrected chi connectivity index (χ3v) is 4.18. The summed E-state index contributed by atoms with van der Waals surface area (Å²) in [7, 11) is 6.88. The first-order chi connectivity index (χ1) is 11.0. The highest BCUT2D eigenvalue weighted by Crippen LogP contribution is 2.13. The van der Waals surface area contributed by atoms with Crippen LogP contribution in [-0.2, 0) is 0 Å². The standard InChI is InChI=1S/C19H42N.C3H7.ClH/c1-5-6-7-8-9-10-11-12-13-14-15-16-17-18-19-20(2,3)4;1-3-2;/h5-19H2,1-4H3;1,3H2,2H3;1H/q+1;;/p-1. The van der Waals surface area contributed by atoms with E-state index in [1.54, 1.807) is 0 Å². The van der Waals surface area contributed by atoms with E-state index in [1.165, 1.54) is 96.4 Å². The lowest BCUT2D eigenvalue weighted by Gasteiger charge is -2.23. The summed E-state index contributed by atoms with van der Waals surface area (Å²) < 4.78 is 1.12. The van der Waals surface area contributed by atoms with Crippen LogP contribution in [0.2, 0.25) is 0 Å². The SMILES string of the molecule is CCCCCCCCCCCCCCCC[N+](C)(C)C.[CH2]CC.[Cl-]. The molecule has 0 N–H and O–H groups in total. The van der Waals surface area contributed by atoms with Gasteiger partial charge in [-0.3, -0.25) is 0 Å². The van der Waals surface area contributed by atoms with Crippen molar-refractivity contribution in [1.29, 1.82) is 0 Å². The molecule has 149 valence electrons. The van der Waals surface area contributed by atoms with Gasteiger partial charge in [0.2, 0.25) is 0 Å². The summed E-state index contributed by atoms with van der Waals surface area (Å²) in [6.45, 7) is 9.13. The number of hydrogen-bond acceptors (Lipinski definition) is 0. The van der Waals surface area contributed by atoms with E-state index in [2.05, 4.69) is 35.0 Å². The van der Waals surface area contributed by atoms with Gasteiger partial charge in [0.15, 0.2) is 0 Å². The van der Waals surface area contributed by atoms with E-state index < -0.39 is 0 Å². The highest BCUT2D eigenvalue weighted by atomic mass is 35.5. The fourth-order valence-electron chi connectivity index (χ4n) is 2.78. The number of unbranched alkanes of at least 4 members (excludes halogenated alkanes) is 13. The summed E-state index contributed by atoms with van der Waals surface area (Å²) >= 11 is 0. The Kier molecular flexibility index (Phi) is 28.1. The van der Waals surface area contributed by atoms with Crippen molar-refractivity contribution in [1.82, 2.24) is 0 Å². The average Bonchev–Trinajstić information content (AvgIpc) is 2.47. The van der Waals surface area contributed by atoms with Gasteiger partial charge in [-0.15, -0.1) is 0 Å². The molecule has 2 heteroatoms. The van der Waals surface area contributed by atoms with Crippen LogP contribution in [0.3, 0.4) is 0 Å². The maximum Gasteiger partial charge on any atom is 0.0780 e. The van der Waals surface area contributed by atoms with Crippen LogP contribution in [0.4, 0.5) is 0 Å². The van der Waals surface area contributed by atoms with Gasteiger partial charge in [0.1, 0.15) is 0 Å². The topological polar surface area (TPSA) is 0 Å². The Bertz CT molecular complexity index is 199. The highest BCUT2D eigenvalue weighted by Gasteiger charge is 2.04. The van der Waals surface area contributed by atoms with Crippen LogP contribution >= 0.6 is 0 Å². The first-order valence-corrected chi connectivity index (χ1v) is 10.6. The van der Waals surface area contributed by atoms with E-state index in [9.17, 15) is 0 Å².